The summed E-state index contributed by atoms with van der Waals surface area (Å²) >= 11 is 0. The van der Waals surface area contributed by atoms with Gasteiger partial charge < -0.3 is 9.88 Å². The molecule has 1 heterocycles. The van der Waals surface area contributed by atoms with E-state index in [0.717, 1.165) is 16.3 Å². The Morgan fingerprint density at radius 2 is 1.71 bits per heavy atom. The second-order valence-electron chi connectivity index (χ2n) is 6.67. The van der Waals surface area contributed by atoms with E-state index in [4.69, 9.17) is 0 Å². The summed E-state index contributed by atoms with van der Waals surface area (Å²) in [6.45, 7) is 0. The van der Waals surface area contributed by atoms with Crippen molar-refractivity contribution in [3.8, 4) is 0 Å². The van der Waals surface area contributed by atoms with Crippen molar-refractivity contribution < 1.29 is 9.59 Å². The standard InChI is InChI=1S/C23H19N3O2/c1-26-13-12-24-23(26)22(28)18-8-10-20(11-9-18)25-21(27)15-16-6-7-17-4-2-3-5-19(17)14-16/h2-14H,15H2,1H3,(H,25,27). The van der Waals surface area contributed by atoms with Gasteiger partial charge in [-0.15, -0.1) is 0 Å². The lowest BCUT2D eigenvalue weighted by Crippen LogP contribution is -2.14. The maximum atomic E-state index is 12.4. The number of carbonyl (C=O) groups is 2. The molecule has 1 N–H and O–H groups in total. The SMILES string of the molecule is Cn1ccnc1C(=O)c1ccc(NC(=O)Cc2ccc3ccccc3c2)cc1. The van der Waals surface area contributed by atoms with Gasteiger partial charge in [0.15, 0.2) is 5.82 Å². The van der Waals surface area contributed by atoms with Gasteiger partial charge >= 0.3 is 0 Å². The van der Waals surface area contributed by atoms with Crippen LogP contribution in [-0.4, -0.2) is 21.2 Å². The van der Waals surface area contributed by atoms with Crippen molar-refractivity contribution in [1.82, 2.24) is 9.55 Å². The first-order chi connectivity index (χ1) is 13.6. The Labute approximate surface area is 162 Å². The van der Waals surface area contributed by atoms with E-state index in [9.17, 15) is 9.59 Å². The maximum Gasteiger partial charge on any atom is 0.228 e. The number of fused-ring (bicyclic) bond motifs is 1. The fourth-order valence-corrected chi connectivity index (χ4v) is 3.16. The van der Waals surface area contributed by atoms with Crippen LogP contribution in [0.25, 0.3) is 10.8 Å². The van der Waals surface area contributed by atoms with Crippen LogP contribution in [-0.2, 0) is 18.3 Å². The molecule has 0 aliphatic heterocycles. The van der Waals surface area contributed by atoms with Crippen LogP contribution in [0.3, 0.4) is 0 Å². The Morgan fingerprint density at radius 3 is 2.43 bits per heavy atom. The van der Waals surface area contributed by atoms with Crippen molar-refractivity contribution in [2.75, 3.05) is 5.32 Å². The molecule has 0 spiro atoms. The lowest BCUT2D eigenvalue weighted by Gasteiger charge is -2.07. The third-order valence-electron chi connectivity index (χ3n) is 4.63. The summed E-state index contributed by atoms with van der Waals surface area (Å²) in [7, 11) is 1.78. The van der Waals surface area contributed by atoms with Gasteiger partial charge in [-0.05, 0) is 40.6 Å². The van der Waals surface area contributed by atoms with E-state index < -0.39 is 0 Å². The van der Waals surface area contributed by atoms with Crippen molar-refractivity contribution in [2.45, 2.75) is 6.42 Å². The Balaban J connectivity index is 1.43. The molecule has 1 aromatic heterocycles. The van der Waals surface area contributed by atoms with Gasteiger partial charge in [-0.2, -0.15) is 0 Å². The second-order valence-corrected chi connectivity index (χ2v) is 6.67. The average Bonchev–Trinajstić information content (AvgIpc) is 3.14. The van der Waals surface area contributed by atoms with E-state index in [-0.39, 0.29) is 11.7 Å². The monoisotopic (exact) mass is 369 g/mol. The number of anilines is 1. The minimum Gasteiger partial charge on any atom is -0.331 e. The molecule has 1 amide bonds. The van der Waals surface area contributed by atoms with Gasteiger partial charge in [0.1, 0.15) is 0 Å². The summed E-state index contributed by atoms with van der Waals surface area (Å²) < 4.78 is 1.68. The summed E-state index contributed by atoms with van der Waals surface area (Å²) in [5.41, 5.74) is 2.14. The molecule has 0 aliphatic carbocycles. The van der Waals surface area contributed by atoms with Crippen molar-refractivity contribution in [1.29, 1.82) is 0 Å². The molecule has 0 unspecified atom stereocenters. The van der Waals surface area contributed by atoms with Crippen LogP contribution in [0.5, 0.6) is 0 Å². The third-order valence-corrected chi connectivity index (χ3v) is 4.63. The maximum absolute atomic E-state index is 12.4. The highest BCUT2D eigenvalue weighted by Gasteiger charge is 2.13. The number of amides is 1. The van der Waals surface area contributed by atoms with Crippen LogP contribution < -0.4 is 5.32 Å². The van der Waals surface area contributed by atoms with Crippen molar-refractivity contribution >= 4 is 28.2 Å². The number of nitrogens with zero attached hydrogens (tertiary/aromatic N) is 2. The zero-order valence-electron chi connectivity index (χ0n) is 15.4. The number of nitrogens with one attached hydrogen (secondary N) is 1. The Bertz CT molecular complexity index is 1160. The van der Waals surface area contributed by atoms with Gasteiger partial charge in [-0.25, -0.2) is 4.98 Å². The Hall–Kier alpha value is -3.73. The van der Waals surface area contributed by atoms with Gasteiger partial charge in [0.05, 0.1) is 6.42 Å². The summed E-state index contributed by atoms with van der Waals surface area (Å²) in [6, 6.07) is 20.9. The van der Waals surface area contributed by atoms with E-state index in [1.165, 1.54) is 0 Å². The van der Waals surface area contributed by atoms with Crippen LogP contribution in [0.1, 0.15) is 21.7 Å². The van der Waals surface area contributed by atoms with Crippen LogP contribution in [0, 0.1) is 0 Å². The quantitative estimate of drug-likeness (QED) is 0.541. The first-order valence-corrected chi connectivity index (χ1v) is 9.00. The van der Waals surface area contributed by atoms with Crippen LogP contribution in [0.4, 0.5) is 5.69 Å². The predicted octanol–water partition coefficient (Wildman–Crippen LogP) is 3.99. The van der Waals surface area contributed by atoms with Gasteiger partial charge in [0, 0.05) is 30.7 Å². The number of imidazole rings is 1. The molecule has 0 bridgehead atoms. The molecule has 4 aromatic rings. The van der Waals surface area contributed by atoms with Gasteiger partial charge in [-0.1, -0.05) is 42.5 Å². The molecule has 28 heavy (non-hydrogen) atoms. The van der Waals surface area contributed by atoms with E-state index in [2.05, 4.69) is 10.3 Å². The summed E-state index contributed by atoms with van der Waals surface area (Å²) in [4.78, 5) is 28.9. The van der Waals surface area contributed by atoms with Crippen molar-refractivity contribution in [3.63, 3.8) is 0 Å². The molecule has 3 aromatic carbocycles. The summed E-state index contributed by atoms with van der Waals surface area (Å²) in [6.07, 6.45) is 3.61. The molecule has 0 aliphatic rings. The highest BCUT2D eigenvalue weighted by molar-refractivity contribution is 6.07. The van der Waals surface area contributed by atoms with Gasteiger partial charge in [0.2, 0.25) is 11.7 Å². The van der Waals surface area contributed by atoms with Crippen LogP contribution >= 0.6 is 0 Å². The third kappa shape index (κ3) is 3.69. The van der Waals surface area contributed by atoms with E-state index in [0.29, 0.717) is 23.5 Å². The number of ketones is 1. The minimum atomic E-state index is -0.151. The molecule has 0 saturated carbocycles. The zero-order chi connectivity index (χ0) is 19.5. The van der Waals surface area contributed by atoms with E-state index in [1.54, 1.807) is 48.3 Å². The highest BCUT2D eigenvalue weighted by Crippen LogP contribution is 2.17. The minimum absolute atomic E-state index is 0.0986. The van der Waals surface area contributed by atoms with Crippen molar-refractivity contribution in [2.24, 2.45) is 7.05 Å². The van der Waals surface area contributed by atoms with E-state index in [1.807, 2.05) is 42.5 Å². The van der Waals surface area contributed by atoms with Gasteiger partial charge in [-0.3, -0.25) is 9.59 Å². The smallest absolute Gasteiger partial charge is 0.228 e. The molecule has 0 atom stereocenters. The number of rotatable bonds is 5. The summed E-state index contributed by atoms with van der Waals surface area (Å²) in [5, 5.41) is 5.15. The number of benzene rings is 3. The average molecular weight is 369 g/mol. The molecule has 138 valence electrons. The Kier molecular flexibility index (Phi) is 4.72. The molecular weight excluding hydrogens is 350 g/mol. The number of hydrogen-bond acceptors (Lipinski definition) is 3. The highest BCUT2D eigenvalue weighted by atomic mass is 16.1. The molecular formula is C23H19N3O2. The first kappa shape index (κ1) is 17.7. The van der Waals surface area contributed by atoms with Gasteiger partial charge in [0.25, 0.3) is 0 Å². The second kappa shape index (κ2) is 7.48. The topological polar surface area (TPSA) is 64.0 Å². The largest absolute Gasteiger partial charge is 0.331 e. The van der Waals surface area contributed by atoms with Crippen LogP contribution in [0.15, 0.2) is 79.1 Å². The number of carbonyl (C=O) groups excluding carboxylic acids is 2. The molecule has 0 radical (unpaired) electrons. The number of aryl methyl sites for hydroxylation is 1. The van der Waals surface area contributed by atoms with Crippen LogP contribution in [0.2, 0.25) is 0 Å². The van der Waals surface area contributed by atoms with E-state index >= 15 is 0 Å². The van der Waals surface area contributed by atoms with Crippen molar-refractivity contribution in [3.05, 3.63) is 96.1 Å². The lowest BCUT2D eigenvalue weighted by molar-refractivity contribution is -0.115. The number of aromatic nitrogens is 2. The fraction of sp³-hybridized carbons (Fsp3) is 0.0870. The molecule has 5 heteroatoms. The molecule has 4 rings (SSSR count). The number of hydrogen-bond donors (Lipinski definition) is 1. The lowest BCUT2D eigenvalue weighted by atomic mass is 10.0. The first-order valence-electron chi connectivity index (χ1n) is 9.00. The molecule has 0 saturated heterocycles. The predicted molar refractivity (Wildman–Crippen MR) is 109 cm³/mol. The summed E-state index contributed by atoms with van der Waals surface area (Å²) in [5.74, 6) is 0.132. The molecule has 0 fully saturated rings. The zero-order valence-corrected chi connectivity index (χ0v) is 15.4. The Morgan fingerprint density at radius 1 is 0.964 bits per heavy atom. The normalized spacial score (nSPS) is 10.8. The fourth-order valence-electron chi connectivity index (χ4n) is 3.16. The molecule has 5 nitrogen and oxygen atoms in total.